The number of nitrogens with one attached hydrogen (secondary N) is 3. The Kier molecular flexibility index (Phi) is 27.9. The fourth-order valence-corrected chi connectivity index (χ4v) is 15.5. The van der Waals surface area contributed by atoms with Gasteiger partial charge in [-0.1, -0.05) is 96.7 Å². The van der Waals surface area contributed by atoms with E-state index in [1.807, 2.05) is 20.8 Å². The number of piperidine rings is 1. The molecule has 28 heteroatoms. The smallest absolute Gasteiger partial charge is 0.343 e. The second-order valence-electron chi connectivity index (χ2n) is 29.2. The Morgan fingerprint density at radius 3 is 1.90 bits per heavy atom. The minimum Gasteiger partial charge on any atom is -0.343 e. The van der Waals surface area contributed by atoms with Gasteiger partial charge < -0.3 is 60.0 Å². The van der Waals surface area contributed by atoms with Gasteiger partial charge in [-0.25, -0.2) is 0 Å². The van der Waals surface area contributed by atoms with E-state index in [0.717, 1.165) is 65.4 Å². The molecule has 3 N–H and O–H groups in total. The molecule has 24 nitrogen and oxygen atoms in total. The molecule has 1 aromatic rings. The third-order valence-electron chi connectivity index (χ3n) is 21.9. The van der Waals surface area contributed by atoms with Crippen molar-refractivity contribution in [2.45, 2.75) is 242 Å². The number of hydrogen-bond acceptors (Lipinski definition) is 12. The number of nitrogens with zero attached hydrogens (tertiary/aromatic N) is 9. The Balaban J connectivity index is 1.28. The standard InChI is InChI=1S/C72H106ClF3N12O12/c1-13-24-53-66(96)84(11)57(68(98)86-35-21-16-22-36-86)42-59(90)82(9)55(39-44(3)4)61(91)78-60(45(5)14-2)69(99)81(8)46(6)63(93)88-38-32-54(88)67(97)83(10)56(41-47-25-17-15-18-26-47)65(95)80(7)43-58(89)77-51(31-29-48-28-30-49(50(73)40-48)72(74,75)76)64(94)87-37-23-27-52(87)62(92)79-71(33-19-20-34-71)70(100)85(53)12/h1,28,30,40,44-47,51-57,60H,14-27,29,31-39,41-43H2,2-12H3,(H,77,89)(H,78,91)(H,79,92)/t45-,46-,51-,52-,53-,54-,55-,56-,57-,60-/m0/s1. The van der Waals surface area contributed by atoms with E-state index < -0.39 is 166 Å². The van der Waals surface area contributed by atoms with Crippen molar-refractivity contribution < 1.29 is 70.7 Å². The number of terminal acetylenes is 1. The lowest BCUT2D eigenvalue weighted by atomic mass is 9.84. The molecule has 4 heterocycles. The summed E-state index contributed by atoms with van der Waals surface area (Å²) in [6, 6.07) is -8.22. The molecule has 100 heavy (non-hydrogen) atoms. The van der Waals surface area contributed by atoms with Crippen molar-refractivity contribution in [3.8, 4) is 12.3 Å². The highest BCUT2D eigenvalue weighted by Gasteiger charge is 2.51. The normalized spacial score (nSPS) is 27.6. The molecular weight excluding hydrogens is 1320 g/mol. The topological polar surface area (TPSA) is 270 Å². The minimum absolute atomic E-state index is 0.0145. The van der Waals surface area contributed by atoms with Crippen LogP contribution in [0.2, 0.25) is 5.02 Å². The zero-order chi connectivity index (χ0) is 73.8. The third-order valence-corrected chi connectivity index (χ3v) is 22.2. The van der Waals surface area contributed by atoms with Crippen LogP contribution in [-0.4, -0.2) is 250 Å². The summed E-state index contributed by atoms with van der Waals surface area (Å²) in [6.45, 7) is 9.02. The van der Waals surface area contributed by atoms with Crippen molar-refractivity contribution in [3.05, 3.63) is 34.3 Å². The zero-order valence-corrected chi connectivity index (χ0v) is 61.0. The molecule has 6 fully saturated rings. The summed E-state index contributed by atoms with van der Waals surface area (Å²) >= 11 is 6.15. The highest BCUT2D eigenvalue weighted by molar-refractivity contribution is 6.31. The predicted octanol–water partition coefficient (Wildman–Crippen LogP) is 5.40. The number of likely N-dealkylation sites (N-methyl/N-ethyl adjacent to an activating group) is 6. The van der Waals surface area contributed by atoms with Crippen molar-refractivity contribution in [1.82, 2.24) is 60.0 Å². The van der Waals surface area contributed by atoms with Gasteiger partial charge in [-0.15, -0.1) is 12.3 Å². The molecule has 0 unspecified atom stereocenters. The van der Waals surface area contributed by atoms with Crippen LogP contribution in [0.3, 0.4) is 0 Å². The Morgan fingerprint density at radius 2 is 1.31 bits per heavy atom. The van der Waals surface area contributed by atoms with Crippen molar-refractivity contribution in [2.24, 2.45) is 17.8 Å². The molecule has 1 aromatic carbocycles. The largest absolute Gasteiger partial charge is 0.417 e. The van der Waals surface area contributed by atoms with E-state index in [-0.39, 0.29) is 88.3 Å². The van der Waals surface area contributed by atoms with Gasteiger partial charge in [0, 0.05) is 74.9 Å². The molecule has 10 atom stereocenters. The van der Waals surface area contributed by atoms with Gasteiger partial charge in [0.15, 0.2) is 0 Å². The Labute approximate surface area is 592 Å². The lowest BCUT2D eigenvalue weighted by Crippen LogP contribution is -2.65. The molecule has 0 radical (unpaired) electrons. The summed E-state index contributed by atoms with van der Waals surface area (Å²) in [5.41, 5.74) is -2.43. The van der Waals surface area contributed by atoms with Crippen LogP contribution in [0.15, 0.2) is 18.2 Å². The van der Waals surface area contributed by atoms with Crippen LogP contribution in [0.5, 0.6) is 0 Å². The number of alkyl halides is 3. The van der Waals surface area contributed by atoms with Crippen molar-refractivity contribution >= 4 is 82.5 Å². The van der Waals surface area contributed by atoms with E-state index in [9.17, 15) is 56.3 Å². The van der Waals surface area contributed by atoms with Gasteiger partial charge in [0.25, 0.3) is 0 Å². The molecule has 554 valence electrons. The number of carbonyl (C=O) groups excluding carboxylic acids is 12. The summed E-state index contributed by atoms with van der Waals surface area (Å²) in [7, 11) is 8.41. The number of benzene rings is 1. The van der Waals surface area contributed by atoms with Crippen LogP contribution >= 0.6 is 11.6 Å². The summed E-state index contributed by atoms with van der Waals surface area (Å²) in [6.07, 6.45) is 8.97. The van der Waals surface area contributed by atoms with Crippen molar-refractivity contribution in [2.75, 3.05) is 75.0 Å². The van der Waals surface area contributed by atoms with Gasteiger partial charge >= 0.3 is 6.18 Å². The zero-order valence-electron chi connectivity index (χ0n) is 60.3. The summed E-state index contributed by atoms with van der Waals surface area (Å²) in [4.78, 5) is 191. The van der Waals surface area contributed by atoms with E-state index in [1.54, 1.807) is 11.8 Å². The van der Waals surface area contributed by atoms with Gasteiger partial charge in [0.1, 0.15) is 59.9 Å². The molecule has 4 saturated heterocycles. The number of hydrogen-bond donors (Lipinski definition) is 3. The van der Waals surface area contributed by atoms with Gasteiger partial charge in [-0.05, 0) is 119 Å². The first kappa shape index (κ1) is 79.8. The second-order valence-corrected chi connectivity index (χ2v) is 29.6. The summed E-state index contributed by atoms with van der Waals surface area (Å²) < 4.78 is 41.6. The van der Waals surface area contributed by atoms with Crippen molar-refractivity contribution in [1.29, 1.82) is 0 Å². The first-order valence-corrected chi connectivity index (χ1v) is 36.2. The molecule has 4 aliphatic heterocycles. The fraction of sp³-hybridized carbons (Fsp3) is 0.722. The Bertz CT molecular complexity index is 3220. The maximum atomic E-state index is 15.3. The molecule has 12 amide bonds. The van der Waals surface area contributed by atoms with E-state index in [4.69, 9.17) is 18.0 Å². The SMILES string of the molecule is C#CC[C@H]1C(=O)N(C)[C@H](C(=O)N2CCCCC2)CC(=O)N(C)[C@@H](CC(C)C)C(=O)N[C@@H]([C@@H](C)CC)C(=O)N(C)[C@@H](C)C(=O)N2CC[C@H]2C(=O)N(C)[C@@H](CC2CCCCC2)C(=O)N(C)CC(=O)N[C@@H](CCc2ccc(C(F)(F)F)c(Cl)c2)C(=O)N2CCC[C@H]2C(=O)NC2(CCCC2)C(=O)N1C. The van der Waals surface area contributed by atoms with Crippen LogP contribution < -0.4 is 16.0 Å². The average molecular weight is 1420 g/mol. The van der Waals surface area contributed by atoms with E-state index in [0.29, 0.717) is 51.6 Å². The predicted molar refractivity (Wildman–Crippen MR) is 368 cm³/mol. The number of halogens is 4. The number of rotatable bonds is 11. The van der Waals surface area contributed by atoms with E-state index in [2.05, 4.69) is 21.9 Å². The lowest BCUT2D eigenvalue weighted by Gasteiger charge is -2.45. The molecule has 2 saturated carbocycles. The second kappa shape index (κ2) is 34.9. The summed E-state index contributed by atoms with van der Waals surface area (Å²) in [5, 5.41) is 8.07. The van der Waals surface area contributed by atoms with Crippen LogP contribution in [0.1, 0.15) is 181 Å². The Morgan fingerprint density at radius 1 is 0.670 bits per heavy atom. The Hall–Kier alpha value is -7.50. The van der Waals surface area contributed by atoms with E-state index in [1.165, 1.54) is 79.8 Å². The molecular formula is C72H106ClF3N12O12. The molecule has 6 aliphatic rings. The third kappa shape index (κ3) is 18.8. The number of likely N-dealkylation sites (tertiary alicyclic amines) is 1. The number of carbonyl (C=O) groups is 12. The molecule has 0 aromatic heterocycles. The maximum Gasteiger partial charge on any atom is 0.417 e. The molecule has 2 aliphatic carbocycles. The first-order chi connectivity index (χ1) is 47.2. The maximum absolute atomic E-state index is 15.3. The first-order valence-electron chi connectivity index (χ1n) is 35.9. The van der Waals surface area contributed by atoms with Gasteiger partial charge in [0.05, 0.1) is 23.6 Å². The number of amides is 12. The minimum atomic E-state index is -4.77. The molecule has 1 spiro atoms. The average Bonchev–Trinajstić information content (AvgIpc) is 1.75. The fourth-order valence-electron chi connectivity index (χ4n) is 15.2. The highest BCUT2D eigenvalue weighted by Crippen LogP contribution is 2.37. The quantitative estimate of drug-likeness (QED) is 0.235. The monoisotopic (exact) mass is 1420 g/mol. The molecule has 7 rings (SSSR count). The summed E-state index contributed by atoms with van der Waals surface area (Å²) in [5.74, 6) is -6.23. The number of fused-ring (bicyclic) bond motifs is 2. The van der Waals surface area contributed by atoms with Gasteiger partial charge in [-0.2, -0.15) is 13.2 Å². The number of aryl methyl sites for hydroxylation is 1. The molecule has 0 bridgehead atoms. The van der Waals surface area contributed by atoms with Crippen molar-refractivity contribution in [3.63, 3.8) is 0 Å². The van der Waals surface area contributed by atoms with Gasteiger partial charge in [0.2, 0.25) is 70.9 Å². The van der Waals surface area contributed by atoms with Crippen LogP contribution in [0.25, 0.3) is 0 Å². The van der Waals surface area contributed by atoms with Crippen LogP contribution in [-0.2, 0) is 70.1 Å². The van der Waals surface area contributed by atoms with E-state index >= 15 is 14.4 Å². The van der Waals surface area contributed by atoms with Crippen LogP contribution in [0, 0.1) is 30.1 Å². The lowest BCUT2D eigenvalue weighted by molar-refractivity contribution is -0.160. The van der Waals surface area contributed by atoms with Crippen LogP contribution in [0.4, 0.5) is 13.2 Å². The highest BCUT2D eigenvalue weighted by atomic mass is 35.5. The van der Waals surface area contributed by atoms with Gasteiger partial charge in [-0.3, -0.25) is 57.5 Å².